The van der Waals surface area contributed by atoms with Gasteiger partial charge < -0.3 is 15.3 Å². The van der Waals surface area contributed by atoms with Gasteiger partial charge in [0.1, 0.15) is 5.75 Å². The Morgan fingerprint density at radius 2 is 1.88 bits per heavy atom. The van der Waals surface area contributed by atoms with Gasteiger partial charge in [-0.3, -0.25) is 9.48 Å². The third-order valence-corrected chi connectivity index (χ3v) is 4.65. The Balaban J connectivity index is 1.49. The van der Waals surface area contributed by atoms with Crippen LogP contribution in [-0.2, 0) is 13.6 Å². The number of aromatic nitrogens is 2. The number of hydrogen-bond donors (Lipinski definition) is 2. The second-order valence-corrected chi connectivity index (χ2v) is 6.28. The maximum atomic E-state index is 12.5. The molecular formula is C18H22N4O3. The number of hydrogen-bond acceptors (Lipinski definition) is 4. The summed E-state index contributed by atoms with van der Waals surface area (Å²) in [7, 11) is 1.84. The van der Waals surface area contributed by atoms with E-state index in [2.05, 4.69) is 10.4 Å². The fourth-order valence-corrected chi connectivity index (χ4v) is 3.06. The maximum Gasteiger partial charge on any atom is 0.317 e. The number of carbonyl (C=O) groups excluding carboxylic acids is 2. The molecule has 132 valence electrons. The molecule has 1 aliphatic heterocycles. The van der Waals surface area contributed by atoms with E-state index in [1.807, 2.05) is 13.1 Å². The zero-order valence-corrected chi connectivity index (χ0v) is 14.2. The van der Waals surface area contributed by atoms with Crippen molar-refractivity contribution in [2.24, 2.45) is 13.0 Å². The van der Waals surface area contributed by atoms with E-state index in [0.29, 0.717) is 38.0 Å². The molecule has 0 atom stereocenters. The zero-order chi connectivity index (χ0) is 17.8. The number of Topliss-reactive ketones (excluding diaryl/α,β-unsaturated/α-hetero) is 1. The zero-order valence-electron chi connectivity index (χ0n) is 14.2. The molecule has 0 bridgehead atoms. The van der Waals surface area contributed by atoms with E-state index < -0.39 is 0 Å². The minimum atomic E-state index is -0.114. The largest absolute Gasteiger partial charge is 0.508 e. The van der Waals surface area contributed by atoms with Crippen LogP contribution in [0.2, 0.25) is 0 Å². The number of ketones is 1. The lowest BCUT2D eigenvalue weighted by Crippen LogP contribution is -2.45. The number of nitrogens with zero attached hydrogens (tertiary/aromatic N) is 3. The predicted octanol–water partition coefficient (Wildman–Crippen LogP) is 1.93. The number of nitrogens with one attached hydrogen (secondary N) is 1. The number of urea groups is 1. The lowest BCUT2D eigenvalue weighted by Gasteiger charge is -2.31. The number of benzene rings is 1. The summed E-state index contributed by atoms with van der Waals surface area (Å²) >= 11 is 0. The number of likely N-dealkylation sites (tertiary alicyclic amines) is 1. The van der Waals surface area contributed by atoms with Gasteiger partial charge in [-0.05, 0) is 43.2 Å². The van der Waals surface area contributed by atoms with Crippen LogP contribution in [0, 0.1) is 5.92 Å². The monoisotopic (exact) mass is 342 g/mol. The van der Waals surface area contributed by atoms with E-state index in [0.717, 1.165) is 5.69 Å². The molecule has 7 nitrogen and oxygen atoms in total. The van der Waals surface area contributed by atoms with E-state index in [-0.39, 0.29) is 23.5 Å². The van der Waals surface area contributed by atoms with Gasteiger partial charge in [-0.15, -0.1) is 0 Å². The van der Waals surface area contributed by atoms with Gasteiger partial charge in [0.25, 0.3) is 0 Å². The Morgan fingerprint density at radius 3 is 2.48 bits per heavy atom. The van der Waals surface area contributed by atoms with E-state index >= 15 is 0 Å². The molecule has 1 saturated heterocycles. The first-order chi connectivity index (χ1) is 12.0. The van der Waals surface area contributed by atoms with Crippen LogP contribution in [0.15, 0.2) is 36.5 Å². The van der Waals surface area contributed by atoms with Gasteiger partial charge in [0.05, 0.1) is 12.2 Å². The standard InChI is InChI=1S/C18H22N4O3/c1-21-15(6-9-20-21)12-19-18(25)22-10-7-14(8-11-22)17(24)13-2-4-16(23)5-3-13/h2-6,9,14,23H,7-8,10-12H2,1H3,(H,19,25). The summed E-state index contributed by atoms with van der Waals surface area (Å²) in [4.78, 5) is 26.5. The third-order valence-electron chi connectivity index (χ3n) is 4.65. The smallest absolute Gasteiger partial charge is 0.317 e. The van der Waals surface area contributed by atoms with Gasteiger partial charge in [0, 0.05) is 37.8 Å². The van der Waals surface area contributed by atoms with Crippen molar-refractivity contribution in [2.45, 2.75) is 19.4 Å². The average molecular weight is 342 g/mol. The molecular weight excluding hydrogens is 320 g/mol. The molecule has 1 aliphatic rings. The van der Waals surface area contributed by atoms with Crippen molar-refractivity contribution in [2.75, 3.05) is 13.1 Å². The molecule has 7 heteroatoms. The summed E-state index contributed by atoms with van der Waals surface area (Å²) in [5.41, 5.74) is 1.54. The molecule has 1 aromatic heterocycles. The van der Waals surface area contributed by atoms with Crippen molar-refractivity contribution in [1.82, 2.24) is 20.0 Å². The summed E-state index contributed by atoms with van der Waals surface area (Å²) < 4.78 is 1.73. The first-order valence-electron chi connectivity index (χ1n) is 8.37. The number of amides is 2. The number of carbonyl (C=O) groups is 2. The SMILES string of the molecule is Cn1nccc1CNC(=O)N1CCC(C(=O)c2ccc(O)cc2)CC1. The lowest BCUT2D eigenvalue weighted by molar-refractivity contribution is 0.0854. The van der Waals surface area contributed by atoms with Gasteiger partial charge in [0.15, 0.2) is 5.78 Å². The number of aromatic hydroxyl groups is 1. The summed E-state index contributed by atoms with van der Waals surface area (Å²) in [5, 5.41) is 16.3. The van der Waals surface area contributed by atoms with Crippen LogP contribution in [0.3, 0.4) is 0 Å². The highest BCUT2D eigenvalue weighted by molar-refractivity contribution is 5.98. The fourth-order valence-electron chi connectivity index (χ4n) is 3.06. The highest BCUT2D eigenvalue weighted by Gasteiger charge is 2.27. The molecule has 0 spiro atoms. The summed E-state index contributed by atoms with van der Waals surface area (Å²) in [5.74, 6) is 0.150. The normalized spacial score (nSPS) is 15.2. The van der Waals surface area contributed by atoms with E-state index in [1.54, 1.807) is 27.9 Å². The Bertz CT molecular complexity index is 746. The van der Waals surface area contributed by atoms with Crippen LogP contribution in [0.25, 0.3) is 0 Å². The van der Waals surface area contributed by atoms with E-state index in [4.69, 9.17) is 0 Å². The van der Waals surface area contributed by atoms with Crippen LogP contribution in [0.4, 0.5) is 4.79 Å². The molecule has 0 radical (unpaired) electrons. The van der Waals surface area contributed by atoms with Crippen molar-refractivity contribution in [1.29, 1.82) is 0 Å². The van der Waals surface area contributed by atoms with E-state index in [1.165, 1.54) is 12.1 Å². The molecule has 3 rings (SSSR count). The first-order valence-corrected chi connectivity index (χ1v) is 8.37. The molecule has 25 heavy (non-hydrogen) atoms. The third kappa shape index (κ3) is 3.99. The molecule has 0 unspecified atom stereocenters. The molecule has 2 heterocycles. The predicted molar refractivity (Wildman–Crippen MR) is 92.2 cm³/mol. The van der Waals surface area contributed by atoms with Crippen molar-refractivity contribution in [3.63, 3.8) is 0 Å². The summed E-state index contributed by atoms with van der Waals surface area (Å²) in [6, 6.07) is 8.08. The Kier molecular flexibility index (Phi) is 5.02. The second kappa shape index (κ2) is 7.38. The Labute approximate surface area is 146 Å². The second-order valence-electron chi connectivity index (χ2n) is 6.28. The van der Waals surface area contributed by atoms with Gasteiger partial charge >= 0.3 is 6.03 Å². The number of piperidine rings is 1. The topological polar surface area (TPSA) is 87.5 Å². The highest BCUT2D eigenvalue weighted by Crippen LogP contribution is 2.23. The fraction of sp³-hybridized carbons (Fsp3) is 0.389. The number of rotatable bonds is 4. The highest BCUT2D eigenvalue weighted by atomic mass is 16.3. The number of phenols is 1. The van der Waals surface area contributed by atoms with Crippen molar-refractivity contribution in [3.05, 3.63) is 47.8 Å². The van der Waals surface area contributed by atoms with Gasteiger partial charge in [-0.1, -0.05) is 0 Å². The number of aryl methyl sites for hydroxylation is 1. The van der Waals surface area contributed by atoms with Gasteiger partial charge in [0.2, 0.25) is 0 Å². The summed E-state index contributed by atoms with van der Waals surface area (Å²) in [6.07, 6.45) is 3.00. The molecule has 0 saturated carbocycles. The molecule has 0 aliphatic carbocycles. The molecule has 2 amide bonds. The minimum absolute atomic E-state index is 0.0781. The van der Waals surface area contributed by atoms with Crippen LogP contribution in [0.1, 0.15) is 28.9 Å². The Morgan fingerprint density at radius 1 is 1.20 bits per heavy atom. The molecule has 2 N–H and O–H groups in total. The average Bonchev–Trinajstić information content (AvgIpc) is 3.05. The summed E-state index contributed by atoms with van der Waals surface area (Å²) in [6.45, 7) is 1.55. The molecule has 2 aromatic rings. The lowest BCUT2D eigenvalue weighted by atomic mass is 9.89. The van der Waals surface area contributed by atoms with Gasteiger partial charge in [-0.25, -0.2) is 4.79 Å². The maximum absolute atomic E-state index is 12.5. The van der Waals surface area contributed by atoms with Crippen molar-refractivity contribution in [3.8, 4) is 5.75 Å². The van der Waals surface area contributed by atoms with Crippen molar-refractivity contribution < 1.29 is 14.7 Å². The minimum Gasteiger partial charge on any atom is -0.508 e. The van der Waals surface area contributed by atoms with Crippen molar-refractivity contribution >= 4 is 11.8 Å². The van der Waals surface area contributed by atoms with Crippen LogP contribution >= 0.6 is 0 Å². The quantitative estimate of drug-likeness (QED) is 0.831. The van der Waals surface area contributed by atoms with Crippen LogP contribution in [-0.4, -0.2) is 44.7 Å². The number of phenolic OH excluding ortho intramolecular Hbond substituents is 1. The van der Waals surface area contributed by atoms with Crippen LogP contribution in [0.5, 0.6) is 5.75 Å². The van der Waals surface area contributed by atoms with E-state index in [9.17, 15) is 14.7 Å². The van der Waals surface area contributed by atoms with Gasteiger partial charge in [-0.2, -0.15) is 5.10 Å². The van der Waals surface area contributed by atoms with Crippen LogP contribution < -0.4 is 5.32 Å². The first kappa shape index (κ1) is 17.0. The molecule has 1 aromatic carbocycles. The Hall–Kier alpha value is -2.83. The molecule has 1 fully saturated rings.